The molecule has 5 nitrogen and oxygen atoms in total. The Hall–Kier alpha value is -3.41. The number of amides is 1. The molecule has 2 N–H and O–H groups in total. The van der Waals surface area contributed by atoms with Crippen LogP contribution in [-0.4, -0.2) is 16.9 Å². The molecule has 176 valence electrons. The molecule has 3 atom stereocenters. The maximum Gasteiger partial charge on any atom is 0.251 e. The van der Waals surface area contributed by atoms with Gasteiger partial charge in [-0.2, -0.15) is 0 Å². The highest BCUT2D eigenvalue weighted by Crippen LogP contribution is 2.49. The van der Waals surface area contributed by atoms with Gasteiger partial charge in [-0.05, 0) is 79.6 Å². The van der Waals surface area contributed by atoms with Gasteiger partial charge in [-0.1, -0.05) is 25.8 Å². The number of benzene rings is 1. The summed E-state index contributed by atoms with van der Waals surface area (Å²) in [5, 5.41) is 5.32. The summed E-state index contributed by atoms with van der Waals surface area (Å²) in [6.07, 6.45) is 12.8. The molecule has 1 aromatic carbocycles. The first-order valence-corrected chi connectivity index (χ1v) is 12.2. The van der Waals surface area contributed by atoms with Crippen molar-refractivity contribution in [2.45, 2.75) is 52.0 Å². The third-order valence-corrected chi connectivity index (χ3v) is 7.27. The summed E-state index contributed by atoms with van der Waals surface area (Å²) in [5.41, 5.74) is 10.3. The summed E-state index contributed by atoms with van der Waals surface area (Å²) in [7, 11) is 0. The molecule has 2 heterocycles. The fraction of sp³-hybridized carbons (Fsp3) is 0.357. The zero-order valence-electron chi connectivity index (χ0n) is 19.7. The van der Waals surface area contributed by atoms with E-state index in [1.807, 2.05) is 5.01 Å². The second-order valence-electron chi connectivity index (χ2n) is 9.44. The van der Waals surface area contributed by atoms with Gasteiger partial charge in [-0.25, -0.2) is 4.39 Å². The molecular formula is C28H31FN4O. The molecule has 3 aliphatic rings. The van der Waals surface area contributed by atoms with Crippen LogP contribution in [0.1, 0.15) is 56.3 Å². The van der Waals surface area contributed by atoms with Gasteiger partial charge in [0, 0.05) is 41.7 Å². The van der Waals surface area contributed by atoms with E-state index in [9.17, 15) is 9.18 Å². The summed E-state index contributed by atoms with van der Waals surface area (Å²) in [4.78, 5) is 16.8. The minimum atomic E-state index is -0.233. The SMILES string of the molecule is CCCC(C[C@H]1CCC2=C1[C@@H](C)C1=CNN(c3ccc(F)cc3)C1=C2)NC(=O)c1ccncc1. The molecule has 0 fully saturated rings. The first kappa shape index (κ1) is 22.4. The van der Waals surface area contributed by atoms with Crippen LogP contribution in [0.5, 0.6) is 0 Å². The smallest absolute Gasteiger partial charge is 0.251 e. The molecule has 0 saturated heterocycles. The maximum absolute atomic E-state index is 13.4. The lowest BCUT2D eigenvalue weighted by Gasteiger charge is -2.31. The number of carbonyl (C=O) groups excluding carboxylic acids is 1. The average molecular weight is 459 g/mol. The molecule has 6 heteroatoms. The Bertz CT molecular complexity index is 1150. The van der Waals surface area contributed by atoms with Crippen LogP contribution in [0.3, 0.4) is 0 Å². The highest BCUT2D eigenvalue weighted by molar-refractivity contribution is 5.94. The van der Waals surface area contributed by atoms with Crippen molar-refractivity contribution in [2.24, 2.45) is 11.8 Å². The molecule has 5 rings (SSSR count). The highest BCUT2D eigenvalue weighted by Gasteiger charge is 2.38. The summed E-state index contributed by atoms with van der Waals surface area (Å²) in [6, 6.07) is 10.2. The summed E-state index contributed by atoms with van der Waals surface area (Å²) in [6.45, 7) is 4.45. The van der Waals surface area contributed by atoms with Crippen molar-refractivity contribution in [2.75, 3.05) is 5.01 Å². The van der Waals surface area contributed by atoms with Gasteiger partial charge in [-0.3, -0.25) is 14.8 Å². The molecule has 2 aromatic rings. The zero-order chi connectivity index (χ0) is 23.7. The van der Waals surface area contributed by atoms with Gasteiger partial charge >= 0.3 is 0 Å². The molecule has 0 bridgehead atoms. The van der Waals surface area contributed by atoms with Crippen LogP contribution in [0.4, 0.5) is 10.1 Å². The van der Waals surface area contributed by atoms with Crippen molar-refractivity contribution in [1.29, 1.82) is 0 Å². The second kappa shape index (κ2) is 9.45. The Morgan fingerprint density at radius 2 is 2.00 bits per heavy atom. The molecule has 0 saturated carbocycles. The van der Waals surface area contributed by atoms with Gasteiger partial charge in [0.05, 0.1) is 11.4 Å². The number of fused-ring (bicyclic) bond motifs is 1. The van der Waals surface area contributed by atoms with E-state index < -0.39 is 0 Å². The van der Waals surface area contributed by atoms with Crippen LogP contribution in [0, 0.1) is 17.7 Å². The number of carbonyl (C=O) groups is 1. The zero-order valence-corrected chi connectivity index (χ0v) is 19.7. The maximum atomic E-state index is 13.4. The fourth-order valence-electron chi connectivity index (χ4n) is 5.67. The number of pyridine rings is 1. The lowest BCUT2D eigenvalue weighted by atomic mass is 9.78. The quantitative estimate of drug-likeness (QED) is 0.562. The monoisotopic (exact) mass is 458 g/mol. The van der Waals surface area contributed by atoms with Crippen LogP contribution >= 0.6 is 0 Å². The van der Waals surface area contributed by atoms with E-state index in [1.165, 1.54) is 28.9 Å². The van der Waals surface area contributed by atoms with Gasteiger partial charge in [0.15, 0.2) is 0 Å². The minimum absolute atomic E-state index is 0.0236. The number of nitrogens with one attached hydrogen (secondary N) is 2. The first-order chi connectivity index (χ1) is 16.5. The Kier molecular flexibility index (Phi) is 6.22. The third-order valence-electron chi connectivity index (χ3n) is 7.27. The predicted octanol–water partition coefficient (Wildman–Crippen LogP) is 5.66. The number of rotatable bonds is 7. The number of halogens is 1. The molecule has 0 spiro atoms. The van der Waals surface area contributed by atoms with E-state index >= 15 is 0 Å². The van der Waals surface area contributed by atoms with Gasteiger partial charge in [0.1, 0.15) is 5.82 Å². The van der Waals surface area contributed by atoms with Gasteiger partial charge in [-0.15, -0.1) is 0 Å². The lowest BCUT2D eigenvalue weighted by molar-refractivity contribution is 0.0929. The van der Waals surface area contributed by atoms with E-state index in [1.54, 1.807) is 36.7 Å². The molecule has 1 aromatic heterocycles. The van der Waals surface area contributed by atoms with Gasteiger partial charge in [0.25, 0.3) is 5.91 Å². The summed E-state index contributed by atoms with van der Waals surface area (Å²) < 4.78 is 13.4. The van der Waals surface area contributed by atoms with Crippen molar-refractivity contribution in [1.82, 2.24) is 15.7 Å². The largest absolute Gasteiger partial charge is 0.349 e. The topological polar surface area (TPSA) is 57.3 Å². The molecule has 2 aliphatic carbocycles. The van der Waals surface area contributed by atoms with Gasteiger partial charge < -0.3 is 10.7 Å². The molecule has 34 heavy (non-hydrogen) atoms. The minimum Gasteiger partial charge on any atom is -0.349 e. The third kappa shape index (κ3) is 4.25. The number of hydrazine groups is 1. The number of aromatic nitrogens is 1. The number of allylic oxidation sites excluding steroid dienone is 4. The van der Waals surface area contributed by atoms with Gasteiger partial charge in [0.2, 0.25) is 0 Å². The van der Waals surface area contributed by atoms with Crippen molar-refractivity contribution in [3.63, 3.8) is 0 Å². The molecule has 1 aliphatic heterocycles. The van der Waals surface area contributed by atoms with E-state index in [0.717, 1.165) is 43.5 Å². The van der Waals surface area contributed by atoms with E-state index in [0.29, 0.717) is 17.4 Å². The molecular weight excluding hydrogens is 427 g/mol. The summed E-state index contributed by atoms with van der Waals surface area (Å²) >= 11 is 0. The number of hydrogen-bond acceptors (Lipinski definition) is 4. The standard InChI is InChI=1S/C28H31FN4O/c1-3-4-23(32-28(34)19-11-13-30-14-12-19)15-20-5-6-21-16-26-25(18(2)27(20)21)17-31-33(26)24-9-7-22(29)8-10-24/h7-14,16-18,20,23,31H,3-6,15H2,1-2H3,(H,32,34)/t18-,20+,23?/m0/s1. The average Bonchev–Trinajstić information content (AvgIpc) is 3.45. The van der Waals surface area contributed by atoms with Crippen LogP contribution < -0.4 is 15.8 Å². The lowest BCUT2D eigenvalue weighted by Crippen LogP contribution is -2.36. The number of nitrogens with zero attached hydrogens (tertiary/aromatic N) is 2. The van der Waals surface area contributed by atoms with E-state index in [2.05, 4.69) is 41.9 Å². The Morgan fingerprint density at radius 1 is 1.24 bits per heavy atom. The predicted molar refractivity (Wildman–Crippen MR) is 132 cm³/mol. The van der Waals surface area contributed by atoms with Crippen molar-refractivity contribution >= 4 is 11.6 Å². The summed E-state index contributed by atoms with van der Waals surface area (Å²) in [5.74, 6) is 0.504. The van der Waals surface area contributed by atoms with Crippen molar-refractivity contribution in [3.8, 4) is 0 Å². The van der Waals surface area contributed by atoms with Crippen LogP contribution in [0.2, 0.25) is 0 Å². The van der Waals surface area contributed by atoms with Crippen LogP contribution in [0.15, 0.2) is 83.5 Å². The highest BCUT2D eigenvalue weighted by atomic mass is 19.1. The Morgan fingerprint density at radius 3 is 2.74 bits per heavy atom. The number of hydrogen-bond donors (Lipinski definition) is 2. The van der Waals surface area contributed by atoms with Crippen molar-refractivity contribution < 1.29 is 9.18 Å². The fourth-order valence-corrected chi connectivity index (χ4v) is 5.67. The normalized spacial score (nSPS) is 21.9. The van der Waals surface area contributed by atoms with E-state index in [-0.39, 0.29) is 17.8 Å². The van der Waals surface area contributed by atoms with E-state index in [4.69, 9.17) is 0 Å². The van der Waals surface area contributed by atoms with Crippen LogP contribution in [0.25, 0.3) is 0 Å². The second-order valence-corrected chi connectivity index (χ2v) is 9.44. The number of anilines is 1. The van der Waals surface area contributed by atoms with Crippen molar-refractivity contribution in [3.05, 3.63) is 94.9 Å². The first-order valence-electron chi connectivity index (χ1n) is 12.2. The molecule has 1 amide bonds. The molecule has 0 radical (unpaired) electrons. The molecule has 1 unspecified atom stereocenters. The Labute approximate surface area is 200 Å². The van der Waals surface area contributed by atoms with Crippen LogP contribution in [-0.2, 0) is 0 Å². The Balaban J connectivity index is 1.35.